The van der Waals surface area contributed by atoms with Gasteiger partial charge in [-0.1, -0.05) is 109 Å². The molecule has 0 atom stereocenters. The molecule has 0 saturated carbocycles. The van der Waals surface area contributed by atoms with E-state index in [-0.39, 0.29) is 0 Å². The second kappa shape index (κ2) is 9.39. The molecule has 10 aromatic rings. The Morgan fingerprint density at radius 1 is 0.489 bits per heavy atom. The summed E-state index contributed by atoms with van der Waals surface area (Å²) in [6.45, 7) is 0. The number of hydrogen-bond acceptors (Lipinski definition) is 3. The van der Waals surface area contributed by atoms with Crippen molar-refractivity contribution < 1.29 is 4.42 Å². The van der Waals surface area contributed by atoms with Crippen LogP contribution in [0, 0.1) is 0 Å². The van der Waals surface area contributed by atoms with Crippen molar-refractivity contribution in [3.05, 3.63) is 146 Å². The number of benzene rings is 6. The molecule has 0 unspecified atom stereocenters. The molecule has 0 fully saturated rings. The van der Waals surface area contributed by atoms with Crippen molar-refractivity contribution in [2.75, 3.05) is 0 Å². The molecule has 0 saturated heterocycles. The molecule has 0 radical (unpaired) electrons. The minimum Gasteiger partial charge on any atom is -0.455 e. The number of fused-ring (bicyclic) bond motifs is 10. The van der Waals surface area contributed by atoms with E-state index in [0.29, 0.717) is 0 Å². The Labute approximate surface area is 262 Å². The first-order valence-electron chi connectivity index (χ1n) is 15.1. The molecule has 4 aromatic heterocycles. The number of rotatable bonds is 3. The van der Waals surface area contributed by atoms with Crippen molar-refractivity contribution in [1.82, 2.24) is 9.55 Å². The van der Waals surface area contributed by atoms with Gasteiger partial charge in [-0.25, -0.2) is 4.98 Å². The number of hydrogen-bond donors (Lipinski definition) is 0. The van der Waals surface area contributed by atoms with Gasteiger partial charge in [-0.3, -0.25) is 0 Å². The summed E-state index contributed by atoms with van der Waals surface area (Å²) in [4.78, 5) is 6.28. The van der Waals surface area contributed by atoms with Crippen LogP contribution >= 0.6 is 11.3 Å². The first-order valence-corrected chi connectivity index (χ1v) is 16.0. The average Bonchev–Trinajstić information content (AvgIpc) is 3.78. The van der Waals surface area contributed by atoms with Crippen molar-refractivity contribution in [3.63, 3.8) is 0 Å². The number of pyridine rings is 1. The van der Waals surface area contributed by atoms with Crippen LogP contribution in [0.25, 0.3) is 92.1 Å². The van der Waals surface area contributed by atoms with E-state index in [1.807, 2.05) is 12.1 Å². The SMILES string of the molecule is c1ccc2c(c1)oc1c2c(-c2ccc(-c3ccc(-n4c5ccccc5c5ccccc54)cc3)cc2)nc2sc3ccccc3c21. The third-order valence-corrected chi connectivity index (χ3v) is 10.1. The van der Waals surface area contributed by atoms with Crippen LogP contribution in [-0.4, -0.2) is 9.55 Å². The molecule has 4 heteroatoms. The molecule has 6 aromatic carbocycles. The molecule has 10 rings (SSSR count). The summed E-state index contributed by atoms with van der Waals surface area (Å²) in [6, 6.07) is 51.7. The molecule has 0 N–H and O–H groups in total. The zero-order valence-corrected chi connectivity index (χ0v) is 24.9. The molecule has 210 valence electrons. The fraction of sp³-hybridized carbons (Fsp3) is 0. The molecule has 0 amide bonds. The summed E-state index contributed by atoms with van der Waals surface area (Å²) in [5, 5.41) is 7.01. The highest BCUT2D eigenvalue weighted by atomic mass is 32.1. The highest BCUT2D eigenvalue weighted by Gasteiger charge is 2.21. The lowest BCUT2D eigenvalue weighted by Gasteiger charge is -2.10. The summed E-state index contributed by atoms with van der Waals surface area (Å²) in [7, 11) is 0. The second-order valence-corrected chi connectivity index (χ2v) is 12.6. The lowest BCUT2D eigenvalue weighted by atomic mass is 9.99. The largest absolute Gasteiger partial charge is 0.455 e. The molecule has 45 heavy (non-hydrogen) atoms. The molecule has 0 bridgehead atoms. The van der Waals surface area contributed by atoms with Gasteiger partial charge in [-0.2, -0.15) is 0 Å². The maximum Gasteiger partial charge on any atom is 0.148 e. The number of furan rings is 1. The summed E-state index contributed by atoms with van der Waals surface area (Å²) in [6.07, 6.45) is 0. The van der Waals surface area contributed by atoms with Crippen molar-refractivity contribution >= 4 is 75.4 Å². The van der Waals surface area contributed by atoms with Gasteiger partial charge in [0, 0.05) is 37.5 Å². The fourth-order valence-electron chi connectivity index (χ4n) is 6.98. The lowest BCUT2D eigenvalue weighted by Crippen LogP contribution is -1.93. The standard InChI is InChI=1S/C41H24N2OS/c1-5-13-33-29(9-1)30-10-2-6-14-34(30)43(33)28-23-21-26(22-24-28)25-17-19-27(20-18-25)39-37-31-11-3-7-15-35(31)44-40(37)38-32-12-4-8-16-36(32)45-41(38)42-39/h1-24H. The average molecular weight is 593 g/mol. The topological polar surface area (TPSA) is 31.0 Å². The minimum atomic E-state index is 0.887. The molecule has 0 aliphatic carbocycles. The maximum atomic E-state index is 6.55. The van der Waals surface area contributed by atoms with Crippen LogP contribution in [0.3, 0.4) is 0 Å². The minimum absolute atomic E-state index is 0.887. The highest BCUT2D eigenvalue weighted by molar-refractivity contribution is 7.25. The van der Waals surface area contributed by atoms with E-state index in [9.17, 15) is 0 Å². The summed E-state index contributed by atoms with van der Waals surface area (Å²) >= 11 is 1.72. The molecule has 3 nitrogen and oxygen atoms in total. The van der Waals surface area contributed by atoms with Gasteiger partial charge < -0.3 is 8.98 Å². The van der Waals surface area contributed by atoms with Crippen LogP contribution in [0.5, 0.6) is 0 Å². The third-order valence-electron chi connectivity index (χ3n) is 9.05. The molecule has 0 aliphatic rings. The first-order chi connectivity index (χ1) is 22.3. The number of thiophene rings is 1. The first kappa shape index (κ1) is 24.7. The zero-order valence-electron chi connectivity index (χ0n) is 24.1. The quantitative estimate of drug-likeness (QED) is 0.204. The summed E-state index contributed by atoms with van der Waals surface area (Å²) in [5.41, 5.74) is 9.79. The molecule has 0 aliphatic heterocycles. The normalized spacial score (nSPS) is 12.0. The van der Waals surface area contributed by atoms with Crippen LogP contribution in [0.1, 0.15) is 0 Å². The van der Waals surface area contributed by atoms with Crippen molar-refractivity contribution in [3.8, 4) is 28.1 Å². The molecular formula is C41H24N2OS. The zero-order chi connectivity index (χ0) is 29.5. The van der Waals surface area contributed by atoms with E-state index < -0.39 is 0 Å². The number of nitrogens with zero attached hydrogens (tertiary/aromatic N) is 2. The Balaban J connectivity index is 1.09. The van der Waals surface area contributed by atoms with Gasteiger partial charge in [0.15, 0.2) is 0 Å². The second-order valence-electron chi connectivity index (χ2n) is 11.5. The molecule has 0 spiro atoms. The third kappa shape index (κ3) is 3.60. The monoisotopic (exact) mass is 592 g/mol. The van der Waals surface area contributed by atoms with E-state index in [1.54, 1.807) is 11.3 Å². The number of aromatic nitrogens is 2. The Kier molecular flexibility index (Phi) is 5.16. The van der Waals surface area contributed by atoms with Crippen LogP contribution in [0.15, 0.2) is 150 Å². The molecule has 4 heterocycles. The van der Waals surface area contributed by atoms with Gasteiger partial charge in [-0.05, 0) is 47.5 Å². The highest BCUT2D eigenvalue weighted by Crippen LogP contribution is 2.44. The molecular weight excluding hydrogens is 569 g/mol. The van der Waals surface area contributed by atoms with Crippen molar-refractivity contribution in [2.45, 2.75) is 0 Å². The van der Waals surface area contributed by atoms with E-state index >= 15 is 0 Å². The lowest BCUT2D eigenvalue weighted by molar-refractivity contribution is 0.673. The smallest absolute Gasteiger partial charge is 0.148 e. The van der Waals surface area contributed by atoms with Crippen LogP contribution in [-0.2, 0) is 0 Å². The Morgan fingerprint density at radius 2 is 1.04 bits per heavy atom. The van der Waals surface area contributed by atoms with Gasteiger partial charge in [0.05, 0.1) is 27.5 Å². The van der Waals surface area contributed by atoms with Gasteiger partial charge in [-0.15, -0.1) is 11.3 Å². The van der Waals surface area contributed by atoms with Gasteiger partial charge in [0.1, 0.15) is 16.0 Å². The summed E-state index contributed by atoms with van der Waals surface area (Å²) < 4.78 is 10.1. The Bertz CT molecular complexity index is 2690. The van der Waals surface area contributed by atoms with Crippen LogP contribution in [0.2, 0.25) is 0 Å². The predicted octanol–water partition coefficient (Wildman–Crippen LogP) is 11.8. The number of para-hydroxylation sites is 3. The van der Waals surface area contributed by atoms with Crippen LogP contribution in [0.4, 0.5) is 0 Å². The van der Waals surface area contributed by atoms with Gasteiger partial charge in [0.2, 0.25) is 0 Å². The predicted molar refractivity (Wildman–Crippen MR) is 190 cm³/mol. The Hall–Kier alpha value is -5.71. The van der Waals surface area contributed by atoms with E-state index in [4.69, 9.17) is 9.40 Å². The maximum absolute atomic E-state index is 6.55. The van der Waals surface area contributed by atoms with Crippen molar-refractivity contribution in [2.24, 2.45) is 0 Å². The van der Waals surface area contributed by atoms with E-state index in [2.05, 4.69) is 138 Å². The van der Waals surface area contributed by atoms with Crippen LogP contribution < -0.4 is 0 Å². The van der Waals surface area contributed by atoms with Crippen molar-refractivity contribution in [1.29, 1.82) is 0 Å². The van der Waals surface area contributed by atoms with E-state index in [0.717, 1.165) is 49.1 Å². The fourth-order valence-corrected chi connectivity index (χ4v) is 8.05. The Morgan fingerprint density at radius 3 is 1.76 bits per heavy atom. The van der Waals surface area contributed by atoms with Gasteiger partial charge in [0.25, 0.3) is 0 Å². The van der Waals surface area contributed by atoms with Gasteiger partial charge >= 0.3 is 0 Å². The van der Waals surface area contributed by atoms with E-state index in [1.165, 1.54) is 43.0 Å². The summed E-state index contributed by atoms with van der Waals surface area (Å²) in [5.74, 6) is 0.